The summed E-state index contributed by atoms with van der Waals surface area (Å²) in [6.07, 6.45) is 2.07. The zero-order valence-electron chi connectivity index (χ0n) is 7.28. The summed E-state index contributed by atoms with van der Waals surface area (Å²) in [7, 11) is 0. The first-order chi connectivity index (χ1) is 5.25. The van der Waals surface area contributed by atoms with Crippen molar-refractivity contribution in [2.75, 3.05) is 6.26 Å². The third-order valence-electron chi connectivity index (χ3n) is 1.63. The highest BCUT2D eigenvalue weighted by atomic mass is 35.5. The van der Waals surface area contributed by atoms with Crippen molar-refractivity contribution >= 4 is 24.2 Å². The minimum Gasteiger partial charge on any atom is -0.324 e. The molecule has 12 heavy (non-hydrogen) atoms. The van der Waals surface area contributed by atoms with Crippen molar-refractivity contribution in [1.82, 2.24) is 0 Å². The summed E-state index contributed by atoms with van der Waals surface area (Å²) >= 11 is 1.74. The van der Waals surface area contributed by atoms with Crippen molar-refractivity contribution in [1.29, 1.82) is 0 Å². The van der Waals surface area contributed by atoms with E-state index < -0.39 is 0 Å². The molecule has 1 aromatic carbocycles. The molecule has 2 N–H and O–H groups in total. The summed E-state index contributed by atoms with van der Waals surface area (Å²) in [6.45, 7) is 2.01. The molecule has 1 atom stereocenters. The van der Waals surface area contributed by atoms with Crippen LogP contribution in [0.2, 0.25) is 0 Å². The topological polar surface area (TPSA) is 26.0 Å². The standard InChI is InChI=1S/C9H13NS.ClH/c1-7(10)8-5-3-4-6-9(8)11-2;/h3-7H,10H2,1-2H3;1H/t7-;/m1./s1. The second kappa shape index (κ2) is 5.46. The summed E-state index contributed by atoms with van der Waals surface area (Å²) in [5, 5.41) is 0. The molecule has 1 rings (SSSR count). The van der Waals surface area contributed by atoms with Crippen LogP contribution in [0.3, 0.4) is 0 Å². The molecule has 0 spiro atoms. The van der Waals surface area contributed by atoms with Crippen LogP contribution in [0.1, 0.15) is 18.5 Å². The van der Waals surface area contributed by atoms with Gasteiger partial charge < -0.3 is 5.73 Å². The normalized spacial score (nSPS) is 11.9. The van der Waals surface area contributed by atoms with Gasteiger partial charge in [0.05, 0.1) is 0 Å². The molecule has 0 amide bonds. The molecular formula is C9H14ClNS. The van der Waals surface area contributed by atoms with Crippen molar-refractivity contribution in [3.63, 3.8) is 0 Å². The second-order valence-electron chi connectivity index (χ2n) is 2.53. The number of halogens is 1. The Bertz CT molecular complexity index is 238. The Kier molecular flexibility index (Phi) is 5.38. The molecule has 0 aliphatic carbocycles. The Morgan fingerprint density at radius 1 is 1.33 bits per heavy atom. The van der Waals surface area contributed by atoms with Gasteiger partial charge in [-0.25, -0.2) is 0 Å². The van der Waals surface area contributed by atoms with E-state index in [4.69, 9.17) is 5.73 Å². The number of hydrogen-bond donors (Lipinski definition) is 1. The van der Waals surface area contributed by atoms with Crippen molar-refractivity contribution < 1.29 is 0 Å². The maximum Gasteiger partial charge on any atom is 0.0277 e. The molecule has 0 radical (unpaired) electrons. The molecule has 0 aliphatic heterocycles. The fraction of sp³-hybridized carbons (Fsp3) is 0.333. The van der Waals surface area contributed by atoms with Crippen LogP contribution < -0.4 is 5.73 Å². The molecule has 0 aromatic heterocycles. The molecule has 0 heterocycles. The van der Waals surface area contributed by atoms with Crippen molar-refractivity contribution in [2.24, 2.45) is 5.73 Å². The van der Waals surface area contributed by atoms with Crippen LogP contribution in [-0.2, 0) is 0 Å². The Hall–Kier alpha value is -0.180. The van der Waals surface area contributed by atoms with E-state index in [1.807, 2.05) is 19.1 Å². The molecule has 0 aliphatic rings. The van der Waals surface area contributed by atoms with Gasteiger partial charge in [0, 0.05) is 10.9 Å². The molecule has 0 bridgehead atoms. The van der Waals surface area contributed by atoms with Gasteiger partial charge in [0.1, 0.15) is 0 Å². The van der Waals surface area contributed by atoms with Crippen LogP contribution in [0.25, 0.3) is 0 Å². The molecule has 0 saturated heterocycles. The van der Waals surface area contributed by atoms with E-state index in [0.717, 1.165) is 0 Å². The van der Waals surface area contributed by atoms with E-state index in [0.29, 0.717) is 0 Å². The van der Waals surface area contributed by atoms with E-state index >= 15 is 0 Å². The molecule has 0 saturated carbocycles. The van der Waals surface area contributed by atoms with Gasteiger partial charge in [0.2, 0.25) is 0 Å². The minimum atomic E-state index is 0. The number of benzene rings is 1. The minimum absolute atomic E-state index is 0. The maximum atomic E-state index is 5.78. The van der Waals surface area contributed by atoms with E-state index in [-0.39, 0.29) is 18.4 Å². The average Bonchev–Trinajstić information content (AvgIpc) is 2.04. The first-order valence-electron chi connectivity index (χ1n) is 3.64. The van der Waals surface area contributed by atoms with Gasteiger partial charge in [0.15, 0.2) is 0 Å². The van der Waals surface area contributed by atoms with Crippen molar-refractivity contribution in [2.45, 2.75) is 17.9 Å². The van der Waals surface area contributed by atoms with Crippen molar-refractivity contribution in [3.05, 3.63) is 29.8 Å². The summed E-state index contributed by atoms with van der Waals surface area (Å²) in [4.78, 5) is 1.28. The predicted molar refractivity (Wildman–Crippen MR) is 58.1 cm³/mol. The van der Waals surface area contributed by atoms with Gasteiger partial charge in [-0.1, -0.05) is 18.2 Å². The highest BCUT2D eigenvalue weighted by Gasteiger charge is 2.03. The van der Waals surface area contributed by atoms with Gasteiger partial charge >= 0.3 is 0 Å². The molecule has 1 nitrogen and oxygen atoms in total. The second-order valence-corrected chi connectivity index (χ2v) is 3.38. The zero-order chi connectivity index (χ0) is 8.27. The molecule has 0 fully saturated rings. The molecule has 3 heteroatoms. The van der Waals surface area contributed by atoms with Crippen LogP contribution >= 0.6 is 24.2 Å². The molecule has 0 unspecified atom stereocenters. The predicted octanol–water partition coefficient (Wildman–Crippen LogP) is 2.85. The smallest absolute Gasteiger partial charge is 0.0277 e. The highest BCUT2D eigenvalue weighted by Crippen LogP contribution is 2.23. The molecular weight excluding hydrogens is 190 g/mol. The third kappa shape index (κ3) is 2.70. The van der Waals surface area contributed by atoms with E-state index in [9.17, 15) is 0 Å². The summed E-state index contributed by atoms with van der Waals surface area (Å²) in [6, 6.07) is 8.38. The fourth-order valence-corrected chi connectivity index (χ4v) is 1.75. The summed E-state index contributed by atoms with van der Waals surface area (Å²) in [5.41, 5.74) is 7.01. The van der Waals surface area contributed by atoms with E-state index in [2.05, 4.69) is 18.4 Å². The van der Waals surface area contributed by atoms with E-state index in [1.165, 1.54) is 10.5 Å². The lowest BCUT2D eigenvalue weighted by molar-refractivity contribution is 0.798. The molecule has 68 valence electrons. The number of hydrogen-bond acceptors (Lipinski definition) is 2. The van der Waals surface area contributed by atoms with Gasteiger partial charge in [-0.15, -0.1) is 24.2 Å². The van der Waals surface area contributed by atoms with Crippen LogP contribution in [0.4, 0.5) is 0 Å². The lowest BCUT2D eigenvalue weighted by Crippen LogP contribution is -2.05. The van der Waals surface area contributed by atoms with Gasteiger partial charge in [-0.05, 0) is 24.8 Å². The largest absolute Gasteiger partial charge is 0.324 e. The number of rotatable bonds is 2. The Morgan fingerprint density at radius 2 is 1.92 bits per heavy atom. The third-order valence-corrected chi connectivity index (χ3v) is 2.44. The van der Waals surface area contributed by atoms with Gasteiger partial charge in [-0.2, -0.15) is 0 Å². The van der Waals surface area contributed by atoms with Crippen molar-refractivity contribution in [3.8, 4) is 0 Å². The van der Waals surface area contributed by atoms with Gasteiger partial charge in [0.25, 0.3) is 0 Å². The van der Waals surface area contributed by atoms with E-state index in [1.54, 1.807) is 11.8 Å². The maximum absolute atomic E-state index is 5.78. The Labute approximate surface area is 84.1 Å². The highest BCUT2D eigenvalue weighted by molar-refractivity contribution is 7.98. The van der Waals surface area contributed by atoms with Crippen LogP contribution in [0, 0.1) is 0 Å². The first-order valence-corrected chi connectivity index (χ1v) is 4.86. The van der Waals surface area contributed by atoms with Crippen LogP contribution in [0.15, 0.2) is 29.2 Å². The summed E-state index contributed by atoms with van der Waals surface area (Å²) < 4.78 is 0. The molecule has 1 aromatic rings. The average molecular weight is 204 g/mol. The fourth-order valence-electron chi connectivity index (χ4n) is 1.04. The quantitative estimate of drug-likeness (QED) is 0.749. The van der Waals surface area contributed by atoms with Gasteiger partial charge in [-0.3, -0.25) is 0 Å². The first kappa shape index (κ1) is 11.8. The van der Waals surface area contributed by atoms with Crippen LogP contribution in [-0.4, -0.2) is 6.26 Å². The zero-order valence-corrected chi connectivity index (χ0v) is 8.91. The number of thioether (sulfide) groups is 1. The number of nitrogens with two attached hydrogens (primary N) is 1. The lowest BCUT2D eigenvalue weighted by Gasteiger charge is -2.09. The Balaban J connectivity index is 0.00000121. The lowest BCUT2D eigenvalue weighted by atomic mass is 10.1. The van der Waals surface area contributed by atoms with Crippen LogP contribution in [0.5, 0.6) is 0 Å². The Morgan fingerprint density at radius 3 is 2.33 bits per heavy atom. The SMILES string of the molecule is CSc1ccccc1[C@@H](C)N.Cl. The summed E-state index contributed by atoms with van der Waals surface area (Å²) in [5.74, 6) is 0. The monoisotopic (exact) mass is 203 g/mol.